The molecule has 3 nitrogen and oxygen atoms in total. The number of pyridine rings is 1. The minimum atomic E-state index is -0.657. The van der Waals surface area contributed by atoms with Crippen LogP contribution in [0.3, 0.4) is 0 Å². The van der Waals surface area contributed by atoms with Crippen LogP contribution in [0.25, 0.3) is 0 Å². The van der Waals surface area contributed by atoms with Gasteiger partial charge in [-0.15, -0.1) is 0 Å². The summed E-state index contributed by atoms with van der Waals surface area (Å²) >= 11 is 0. The van der Waals surface area contributed by atoms with Crippen LogP contribution < -0.4 is 5.32 Å². The zero-order valence-corrected chi connectivity index (χ0v) is 9.93. The van der Waals surface area contributed by atoms with Crippen LogP contribution in [-0.4, -0.2) is 10.9 Å². The Morgan fingerprint density at radius 3 is 2.67 bits per heavy atom. The first kappa shape index (κ1) is 12.2. The van der Waals surface area contributed by atoms with E-state index in [-0.39, 0.29) is 17.5 Å². The van der Waals surface area contributed by atoms with Crippen LogP contribution >= 0.6 is 0 Å². The van der Waals surface area contributed by atoms with E-state index in [1.807, 2.05) is 37.3 Å². The van der Waals surface area contributed by atoms with Gasteiger partial charge in [-0.1, -0.05) is 30.3 Å². The molecule has 1 unspecified atom stereocenters. The summed E-state index contributed by atoms with van der Waals surface area (Å²) in [6, 6.07) is 12.1. The first-order chi connectivity index (χ1) is 8.66. The molecule has 4 heteroatoms. The Hall–Kier alpha value is -2.23. The van der Waals surface area contributed by atoms with E-state index in [4.69, 9.17) is 0 Å². The van der Waals surface area contributed by atoms with Crippen molar-refractivity contribution in [1.82, 2.24) is 10.3 Å². The zero-order chi connectivity index (χ0) is 13.0. The van der Waals surface area contributed by atoms with Crippen molar-refractivity contribution in [3.8, 4) is 0 Å². The Morgan fingerprint density at radius 1 is 1.28 bits per heavy atom. The molecular formula is C14H13FN2O. The number of hydrogen-bond acceptors (Lipinski definition) is 2. The summed E-state index contributed by atoms with van der Waals surface area (Å²) in [5.74, 6) is -0.970. The lowest BCUT2D eigenvalue weighted by atomic mass is 10.1. The number of halogens is 1. The maximum atomic E-state index is 12.9. The summed E-state index contributed by atoms with van der Waals surface area (Å²) in [5.41, 5.74) is 1.27. The number of carbonyl (C=O) groups excluding carboxylic acids is 1. The third-order valence-corrected chi connectivity index (χ3v) is 2.64. The van der Waals surface area contributed by atoms with Crippen molar-refractivity contribution in [2.24, 2.45) is 0 Å². The van der Waals surface area contributed by atoms with Gasteiger partial charge in [0, 0.05) is 17.8 Å². The lowest BCUT2D eigenvalue weighted by molar-refractivity contribution is 0.0939. The summed E-state index contributed by atoms with van der Waals surface area (Å²) in [6.45, 7) is 1.88. The minimum Gasteiger partial charge on any atom is -0.346 e. The fourth-order valence-corrected chi connectivity index (χ4v) is 1.65. The van der Waals surface area contributed by atoms with Crippen molar-refractivity contribution in [3.05, 3.63) is 65.7 Å². The van der Waals surface area contributed by atoms with Crippen LogP contribution in [-0.2, 0) is 0 Å². The fourth-order valence-electron chi connectivity index (χ4n) is 1.65. The van der Waals surface area contributed by atoms with Crippen LogP contribution in [0.5, 0.6) is 0 Å². The van der Waals surface area contributed by atoms with E-state index in [9.17, 15) is 9.18 Å². The first-order valence-corrected chi connectivity index (χ1v) is 5.64. The summed E-state index contributed by atoms with van der Waals surface area (Å²) in [4.78, 5) is 15.3. The highest BCUT2D eigenvalue weighted by Crippen LogP contribution is 2.12. The molecule has 2 aromatic rings. The van der Waals surface area contributed by atoms with E-state index in [1.165, 1.54) is 12.3 Å². The minimum absolute atomic E-state index is 0.130. The van der Waals surface area contributed by atoms with Crippen LogP contribution in [0.2, 0.25) is 0 Å². The van der Waals surface area contributed by atoms with Crippen molar-refractivity contribution in [2.45, 2.75) is 13.0 Å². The predicted molar refractivity (Wildman–Crippen MR) is 66.5 cm³/mol. The maximum absolute atomic E-state index is 12.9. The second-order valence-electron chi connectivity index (χ2n) is 3.97. The monoisotopic (exact) mass is 244 g/mol. The second-order valence-corrected chi connectivity index (χ2v) is 3.97. The van der Waals surface area contributed by atoms with E-state index >= 15 is 0 Å². The molecular weight excluding hydrogens is 231 g/mol. The third kappa shape index (κ3) is 2.91. The Bertz CT molecular complexity index is 543. The van der Waals surface area contributed by atoms with Gasteiger partial charge in [-0.2, -0.15) is 4.39 Å². The fraction of sp³-hybridized carbons (Fsp3) is 0.143. The molecule has 1 heterocycles. The molecule has 2 rings (SSSR count). The maximum Gasteiger partial charge on any atom is 0.251 e. The highest BCUT2D eigenvalue weighted by Gasteiger charge is 2.11. The third-order valence-electron chi connectivity index (χ3n) is 2.64. The van der Waals surface area contributed by atoms with Crippen LogP contribution in [0, 0.1) is 5.95 Å². The standard InChI is InChI=1S/C14H13FN2O/c1-10(11-5-3-2-4-6-11)17-14(18)12-7-8-16-13(15)9-12/h2-10H,1H3,(H,17,18). The van der Waals surface area contributed by atoms with Gasteiger partial charge in [0.05, 0.1) is 6.04 Å². The Labute approximate surface area is 105 Å². The quantitative estimate of drug-likeness (QED) is 0.843. The van der Waals surface area contributed by atoms with E-state index in [2.05, 4.69) is 10.3 Å². The smallest absolute Gasteiger partial charge is 0.251 e. The Morgan fingerprint density at radius 2 is 2.00 bits per heavy atom. The molecule has 1 atom stereocenters. The lowest BCUT2D eigenvalue weighted by Gasteiger charge is -2.14. The van der Waals surface area contributed by atoms with E-state index in [1.54, 1.807) is 0 Å². The molecule has 0 aliphatic rings. The molecule has 0 spiro atoms. The zero-order valence-electron chi connectivity index (χ0n) is 9.93. The Kier molecular flexibility index (Phi) is 3.67. The van der Waals surface area contributed by atoms with Gasteiger partial charge in [-0.05, 0) is 18.6 Å². The van der Waals surface area contributed by atoms with Gasteiger partial charge >= 0.3 is 0 Å². The molecule has 0 radical (unpaired) electrons. The molecule has 0 saturated heterocycles. The molecule has 1 N–H and O–H groups in total. The van der Waals surface area contributed by atoms with Gasteiger partial charge in [0.1, 0.15) is 0 Å². The SMILES string of the molecule is CC(NC(=O)c1ccnc(F)c1)c1ccccc1. The van der Waals surface area contributed by atoms with Crippen molar-refractivity contribution in [3.63, 3.8) is 0 Å². The van der Waals surface area contributed by atoms with Crippen LogP contribution in [0.1, 0.15) is 28.9 Å². The summed E-state index contributed by atoms with van der Waals surface area (Å²) in [7, 11) is 0. The number of benzene rings is 1. The number of amides is 1. The highest BCUT2D eigenvalue weighted by molar-refractivity contribution is 5.94. The molecule has 92 valence electrons. The van der Waals surface area contributed by atoms with Gasteiger partial charge in [0.2, 0.25) is 5.95 Å². The number of rotatable bonds is 3. The summed E-state index contributed by atoms with van der Waals surface area (Å²) in [5, 5.41) is 2.81. The number of aromatic nitrogens is 1. The molecule has 0 fully saturated rings. The van der Waals surface area contributed by atoms with E-state index < -0.39 is 5.95 Å². The molecule has 1 aromatic carbocycles. The number of nitrogens with zero attached hydrogens (tertiary/aromatic N) is 1. The molecule has 18 heavy (non-hydrogen) atoms. The van der Waals surface area contributed by atoms with Gasteiger partial charge in [-0.3, -0.25) is 4.79 Å². The molecule has 1 amide bonds. The van der Waals surface area contributed by atoms with Gasteiger partial charge < -0.3 is 5.32 Å². The molecule has 0 saturated carbocycles. The predicted octanol–water partition coefficient (Wildman–Crippen LogP) is 2.71. The van der Waals surface area contributed by atoms with Gasteiger partial charge in [0.15, 0.2) is 0 Å². The number of nitrogens with one attached hydrogen (secondary N) is 1. The van der Waals surface area contributed by atoms with E-state index in [0.717, 1.165) is 11.6 Å². The van der Waals surface area contributed by atoms with Crippen molar-refractivity contribution in [1.29, 1.82) is 0 Å². The lowest BCUT2D eigenvalue weighted by Crippen LogP contribution is -2.26. The normalized spacial score (nSPS) is 11.9. The topological polar surface area (TPSA) is 42.0 Å². The van der Waals surface area contributed by atoms with Crippen LogP contribution in [0.4, 0.5) is 4.39 Å². The first-order valence-electron chi connectivity index (χ1n) is 5.64. The molecule has 0 aliphatic heterocycles. The summed E-state index contributed by atoms with van der Waals surface area (Å²) in [6.07, 6.45) is 1.28. The average molecular weight is 244 g/mol. The molecule has 0 aliphatic carbocycles. The average Bonchev–Trinajstić information content (AvgIpc) is 2.39. The molecule has 0 bridgehead atoms. The van der Waals surface area contributed by atoms with Crippen molar-refractivity contribution >= 4 is 5.91 Å². The van der Waals surface area contributed by atoms with Gasteiger partial charge in [-0.25, -0.2) is 4.98 Å². The largest absolute Gasteiger partial charge is 0.346 e. The van der Waals surface area contributed by atoms with Crippen molar-refractivity contribution in [2.75, 3.05) is 0 Å². The van der Waals surface area contributed by atoms with Crippen LogP contribution in [0.15, 0.2) is 48.7 Å². The highest BCUT2D eigenvalue weighted by atomic mass is 19.1. The summed E-state index contributed by atoms with van der Waals surface area (Å²) < 4.78 is 12.9. The van der Waals surface area contributed by atoms with Crippen molar-refractivity contribution < 1.29 is 9.18 Å². The second kappa shape index (κ2) is 5.40. The van der Waals surface area contributed by atoms with E-state index in [0.29, 0.717) is 0 Å². The van der Waals surface area contributed by atoms with Gasteiger partial charge in [0.25, 0.3) is 5.91 Å². The molecule has 1 aromatic heterocycles. The number of hydrogen-bond donors (Lipinski definition) is 1. The Balaban J connectivity index is 2.08. The number of carbonyl (C=O) groups is 1.